The Balaban J connectivity index is 1.70. The third-order valence-corrected chi connectivity index (χ3v) is 4.48. The van der Waals surface area contributed by atoms with Gasteiger partial charge in [0.1, 0.15) is 5.01 Å². The number of hydrogen-bond donors (Lipinski definition) is 2. The van der Waals surface area contributed by atoms with Gasteiger partial charge in [-0.1, -0.05) is 0 Å². The first-order valence-electron chi connectivity index (χ1n) is 6.71. The number of nitrogens with zero attached hydrogens (tertiary/aromatic N) is 2. The van der Waals surface area contributed by atoms with Crippen molar-refractivity contribution in [2.75, 3.05) is 26.2 Å². The van der Waals surface area contributed by atoms with E-state index in [2.05, 4.69) is 27.5 Å². The number of nitrogens with one attached hydrogen (secondary N) is 1. The van der Waals surface area contributed by atoms with Crippen LogP contribution in [0.2, 0.25) is 0 Å². The lowest BCUT2D eigenvalue weighted by molar-refractivity contribution is 0.121. The summed E-state index contributed by atoms with van der Waals surface area (Å²) in [6.07, 6.45) is 2.26. The number of thiazole rings is 1. The maximum atomic E-state index is 9.99. The molecule has 2 unspecified atom stereocenters. The van der Waals surface area contributed by atoms with Crippen LogP contribution in [0.4, 0.5) is 0 Å². The molecular formula is C13H23N3OS. The monoisotopic (exact) mass is 269 g/mol. The van der Waals surface area contributed by atoms with Crippen LogP contribution in [-0.2, 0) is 0 Å². The topological polar surface area (TPSA) is 48.4 Å². The Bertz CT molecular complexity index is 363. The molecule has 1 saturated heterocycles. The number of hydrogen-bond acceptors (Lipinski definition) is 5. The molecular weight excluding hydrogens is 246 g/mol. The molecule has 0 aromatic carbocycles. The molecule has 0 aliphatic carbocycles. The maximum absolute atomic E-state index is 9.99. The molecule has 2 N–H and O–H groups in total. The highest BCUT2D eigenvalue weighted by Gasteiger charge is 2.17. The summed E-state index contributed by atoms with van der Waals surface area (Å²) >= 11 is 1.68. The average Bonchev–Trinajstić information content (AvgIpc) is 2.97. The van der Waals surface area contributed by atoms with Gasteiger partial charge in [0.2, 0.25) is 0 Å². The second-order valence-electron chi connectivity index (χ2n) is 5.12. The molecule has 4 nitrogen and oxygen atoms in total. The predicted molar refractivity (Wildman–Crippen MR) is 74.9 cm³/mol. The first-order valence-corrected chi connectivity index (χ1v) is 7.59. The van der Waals surface area contributed by atoms with Gasteiger partial charge in [-0.25, -0.2) is 4.98 Å². The Kier molecular flexibility index (Phi) is 5.12. The normalized spacial score (nSPS) is 20.2. The van der Waals surface area contributed by atoms with Crippen LogP contribution in [0.25, 0.3) is 0 Å². The minimum atomic E-state index is -0.286. The number of aryl methyl sites for hydroxylation is 1. The summed E-state index contributed by atoms with van der Waals surface area (Å²) in [6.45, 7) is 7.80. The Morgan fingerprint density at radius 2 is 2.22 bits per heavy atom. The number of likely N-dealkylation sites (tertiary alicyclic amines) is 1. The van der Waals surface area contributed by atoms with E-state index in [1.165, 1.54) is 12.8 Å². The van der Waals surface area contributed by atoms with Crippen molar-refractivity contribution >= 4 is 11.3 Å². The second-order valence-corrected chi connectivity index (χ2v) is 6.01. The summed E-state index contributed by atoms with van der Waals surface area (Å²) in [7, 11) is 0. The average molecular weight is 269 g/mol. The molecule has 0 saturated carbocycles. The Hall–Kier alpha value is -0.490. The van der Waals surface area contributed by atoms with Gasteiger partial charge in [-0.05, 0) is 39.8 Å². The molecule has 1 aromatic rings. The highest BCUT2D eigenvalue weighted by molar-refractivity contribution is 7.09. The van der Waals surface area contributed by atoms with Crippen LogP contribution in [-0.4, -0.2) is 47.3 Å². The minimum Gasteiger partial charge on any atom is -0.390 e. The van der Waals surface area contributed by atoms with E-state index in [1.54, 1.807) is 11.3 Å². The molecule has 5 heteroatoms. The highest BCUT2D eigenvalue weighted by Crippen LogP contribution is 2.17. The maximum Gasteiger partial charge on any atom is 0.110 e. The molecule has 18 heavy (non-hydrogen) atoms. The largest absolute Gasteiger partial charge is 0.390 e. The summed E-state index contributed by atoms with van der Waals surface area (Å²) in [5.74, 6) is 0. The van der Waals surface area contributed by atoms with Crippen molar-refractivity contribution in [3.63, 3.8) is 0 Å². The van der Waals surface area contributed by atoms with Crippen molar-refractivity contribution in [2.45, 2.75) is 38.8 Å². The first kappa shape index (κ1) is 13.9. The third-order valence-electron chi connectivity index (χ3n) is 3.33. The van der Waals surface area contributed by atoms with Gasteiger partial charge in [-0.2, -0.15) is 0 Å². The van der Waals surface area contributed by atoms with Crippen LogP contribution in [0.5, 0.6) is 0 Å². The summed E-state index contributed by atoms with van der Waals surface area (Å²) in [5, 5.41) is 16.5. The van der Waals surface area contributed by atoms with E-state index in [9.17, 15) is 5.11 Å². The number of aliphatic hydroxyl groups is 1. The number of rotatable bonds is 6. The molecule has 1 aliphatic heterocycles. The van der Waals surface area contributed by atoms with E-state index < -0.39 is 0 Å². The Morgan fingerprint density at radius 1 is 1.50 bits per heavy atom. The first-order chi connectivity index (χ1) is 8.65. The van der Waals surface area contributed by atoms with Gasteiger partial charge in [0.15, 0.2) is 0 Å². The zero-order valence-corrected chi connectivity index (χ0v) is 12.0. The molecule has 102 valence electrons. The van der Waals surface area contributed by atoms with Crippen LogP contribution in [0.15, 0.2) is 5.38 Å². The van der Waals surface area contributed by atoms with Gasteiger partial charge < -0.3 is 15.3 Å². The summed E-state index contributed by atoms with van der Waals surface area (Å²) in [5.41, 5.74) is 1.07. The van der Waals surface area contributed by atoms with Crippen LogP contribution < -0.4 is 5.32 Å². The highest BCUT2D eigenvalue weighted by atomic mass is 32.1. The van der Waals surface area contributed by atoms with Gasteiger partial charge in [0.25, 0.3) is 0 Å². The number of β-amino-alcohol motifs (C(OH)–C–C–N with tert-alkyl or cyclic N) is 1. The predicted octanol–water partition coefficient (Wildman–Crippen LogP) is 1.56. The fraction of sp³-hybridized carbons (Fsp3) is 0.769. The van der Waals surface area contributed by atoms with Gasteiger partial charge in [0.05, 0.1) is 12.1 Å². The molecule has 1 fully saturated rings. The molecule has 2 rings (SSSR count). The van der Waals surface area contributed by atoms with Crippen molar-refractivity contribution in [2.24, 2.45) is 0 Å². The molecule has 1 aliphatic rings. The zero-order valence-electron chi connectivity index (χ0n) is 11.2. The minimum absolute atomic E-state index is 0.219. The second kappa shape index (κ2) is 6.61. The van der Waals surface area contributed by atoms with Crippen LogP contribution in [0.1, 0.15) is 36.5 Å². The molecule has 0 spiro atoms. The van der Waals surface area contributed by atoms with Gasteiger partial charge in [-0.15, -0.1) is 11.3 Å². The van der Waals surface area contributed by atoms with Crippen LogP contribution in [0.3, 0.4) is 0 Å². The van der Waals surface area contributed by atoms with E-state index in [0.29, 0.717) is 6.54 Å². The lowest BCUT2D eigenvalue weighted by atomic mass is 10.3. The summed E-state index contributed by atoms with van der Waals surface area (Å²) in [4.78, 5) is 6.79. The van der Waals surface area contributed by atoms with Crippen LogP contribution in [0, 0.1) is 6.92 Å². The van der Waals surface area contributed by atoms with Gasteiger partial charge >= 0.3 is 0 Å². The fourth-order valence-corrected chi connectivity index (χ4v) is 3.13. The Morgan fingerprint density at radius 3 is 2.83 bits per heavy atom. The Labute approximate surface area is 113 Å². The van der Waals surface area contributed by atoms with E-state index >= 15 is 0 Å². The van der Waals surface area contributed by atoms with Gasteiger partial charge in [0, 0.05) is 24.2 Å². The SMILES string of the molecule is Cc1csc(C(C)NCC(O)CN2CCCC2)n1. The molecule has 1 aromatic heterocycles. The fourth-order valence-electron chi connectivity index (χ4n) is 2.30. The van der Waals surface area contributed by atoms with Crippen molar-refractivity contribution in [1.82, 2.24) is 15.2 Å². The van der Waals surface area contributed by atoms with Crippen molar-refractivity contribution < 1.29 is 5.11 Å². The zero-order chi connectivity index (χ0) is 13.0. The third kappa shape index (κ3) is 4.02. The van der Waals surface area contributed by atoms with Crippen molar-refractivity contribution in [1.29, 1.82) is 0 Å². The molecule has 2 heterocycles. The van der Waals surface area contributed by atoms with Crippen LogP contribution >= 0.6 is 11.3 Å². The lowest BCUT2D eigenvalue weighted by Gasteiger charge is -2.21. The number of aromatic nitrogens is 1. The van der Waals surface area contributed by atoms with Gasteiger partial charge in [-0.3, -0.25) is 0 Å². The summed E-state index contributed by atoms with van der Waals surface area (Å²) in [6, 6.07) is 0.219. The molecule has 2 atom stereocenters. The van der Waals surface area contributed by atoms with E-state index in [0.717, 1.165) is 30.3 Å². The standard InChI is InChI=1S/C13H23N3OS/c1-10-9-18-13(15-10)11(2)14-7-12(17)8-16-5-3-4-6-16/h9,11-12,14,17H,3-8H2,1-2H3. The quantitative estimate of drug-likeness (QED) is 0.823. The smallest absolute Gasteiger partial charge is 0.110 e. The number of aliphatic hydroxyl groups excluding tert-OH is 1. The van der Waals surface area contributed by atoms with E-state index in [1.807, 2.05) is 6.92 Å². The molecule has 0 amide bonds. The summed E-state index contributed by atoms with van der Waals surface area (Å²) < 4.78 is 0. The molecule has 0 radical (unpaired) electrons. The molecule has 0 bridgehead atoms. The van der Waals surface area contributed by atoms with Crippen molar-refractivity contribution in [3.8, 4) is 0 Å². The van der Waals surface area contributed by atoms with Crippen molar-refractivity contribution in [3.05, 3.63) is 16.1 Å². The van der Waals surface area contributed by atoms with E-state index in [4.69, 9.17) is 0 Å². The van der Waals surface area contributed by atoms with E-state index in [-0.39, 0.29) is 12.1 Å². The lowest BCUT2D eigenvalue weighted by Crippen LogP contribution is -2.37.